The molecule has 1 unspecified atom stereocenters. The molecular formula is C33H26N4S. The lowest BCUT2D eigenvalue weighted by atomic mass is 9.83. The molecule has 5 heteroatoms. The molecule has 0 bridgehead atoms. The van der Waals surface area contributed by atoms with Crippen LogP contribution in [-0.2, 0) is 0 Å². The summed E-state index contributed by atoms with van der Waals surface area (Å²) in [4.78, 5) is 16.5. The normalized spacial score (nSPS) is 18.5. The Morgan fingerprint density at radius 1 is 0.632 bits per heavy atom. The fraction of sp³-hybridized carbons (Fsp3) is 0.182. The number of aromatic nitrogens is 4. The number of para-hydroxylation sites is 1. The van der Waals surface area contributed by atoms with Gasteiger partial charge in [-0.1, -0.05) is 97.8 Å². The van der Waals surface area contributed by atoms with Crippen LogP contribution in [0.25, 0.3) is 50.5 Å². The molecule has 0 spiro atoms. The Balaban J connectivity index is 1.42. The smallest absolute Gasteiger partial charge is 0.238 e. The molecule has 0 radical (unpaired) electrons. The molecule has 2 aromatic heterocycles. The number of hydrogen-bond acceptors (Lipinski definition) is 4. The second-order valence-corrected chi connectivity index (χ2v) is 11.5. The molecule has 2 aliphatic rings. The van der Waals surface area contributed by atoms with E-state index < -0.39 is 0 Å². The predicted octanol–water partition coefficient (Wildman–Crippen LogP) is 8.43. The van der Waals surface area contributed by atoms with Gasteiger partial charge in [0, 0.05) is 32.0 Å². The molecule has 0 N–H and O–H groups in total. The van der Waals surface area contributed by atoms with E-state index in [2.05, 4.69) is 77.0 Å². The molecule has 0 saturated heterocycles. The van der Waals surface area contributed by atoms with Gasteiger partial charge in [-0.15, -0.1) is 11.8 Å². The summed E-state index contributed by atoms with van der Waals surface area (Å²) in [7, 11) is 0. The molecule has 184 valence electrons. The van der Waals surface area contributed by atoms with Crippen LogP contribution in [-0.4, -0.2) is 24.8 Å². The van der Waals surface area contributed by atoms with E-state index in [4.69, 9.17) is 15.0 Å². The number of rotatable bonds is 3. The van der Waals surface area contributed by atoms with E-state index in [9.17, 15) is 0 Å². The van der Waals surface area contributed by atoms with Crippen molar-refractivity contribution in [2.24, 2.45) is 0 Å². The van der Waals surface area contributed by atoms with Crippen molar-refractivity contribution < 1.29 is 0 Å². The van der Waals surface area contributed by atoms with Gasteiger partial charge in [-0.3, -0.25) is 4.57 Å². The zero-order valence-corrected chi connectivity index (χ0v) is 21.7. The second-order valence-electron chi connectivity index (χ2n) is 10.3. The molecule has 4 aromatic carbocycles. The molecule has 6 aromatic rings. The van der Waals surface area contributed by atoms with Gasteiger partial charge in [-0.05, 0) is 36.5 Å². The highest BCUT2D eigenvalue weighted by Gasteiger charge is 2.37. The number of fused-ring (bicyclic) bond motifs is 7. The molecule has 4 nitrogen and oxygen atoms in total. The van der Waals surface area contributed by atoms with Crippen molar-refractivity contribution in [1.82, 2.24) is 19.5 Å². The zero-order valence-electron chi connectivity index (χ0n) is 20.9. The van der Waals surface area contributed by atoms with Crippen LogP contribution in [0, 0.1) is 0 Å². The lowest BCUT2D eigenvalue weighted by molar-refractivity contribution is 0.461. The molecule has 1 aliphatic heterocycles. The zero-order chi connectivity index (χ0) is 25.1. The highest BCUT2D eigenvalue weighted by Crippen LogP contribution is 2.55. The first-order chi connectivity index (χ1) is 18.8. The molecule has 3 heterocycles. The van der Waals surface area contributed by atoms with E-state index in [0.29, 0.717) is 28.8 Å². The maximum atomic E-state index is 5.07. The molecule has 38 heavy (non-hydrogen) atoms. The maximum absolute atomic E-state index is 5.07. The summed E-state index contributed by atoms with van der Waals surface area (Å²) in [6.45, 7) is 0. The van der Waals surface area contributed by atoms with E-state index in [-0.39, 0.29) is 0 Å². The van der Waals surface area contributed by atoms with Crippen molar-refractivity contribution in [3.8, 4) is 28.7 Å². The van der Waals surface area contributed by atoms with Crippen LogP contribution in [0.1, 0.15) is 37.2 Å². The minimum absolute atomic E-state index is 0.657. The van der Waals surface area contributed by atoms with Crippen molar-refractivity contribution in [1.29, 1.82) is 0 Å². The summed E-state index contributed by atoms with van der Waals surface area (Å²) in [5.41, 5.74) is 5.81. The van der Waals surface area contributed by atoms with Gasteiger partial charge in [0.2, 0.25) is 5.95 Å². The second kappa shape index (κ2) is 8.81. The fourth-order valence-corrected chi connectivity index (χ4v) is 8.04. The van der Waals surface area contributed by atoms with Crippen LogP contribution in [0.4, 0.5) is 0 Å². The van der Waals surface area contributed by atoms with Crippen molar-refractivity contribution in [2.75, 3.05) is 0 Å². The molecule has 1 saturated carbocycles. The van der Waals surface area contributed by atoms with Crippen LogP contribution in [0.5, 0.6) is 0 Å². The van der Waals surface area contributed by atoms with Crippen LogP contribution in [0.2, 0.25) is 0 Å². The maximum Gasteiger partial charge on any atom is 0.238 e. The summed E-state index contributed by atoms with van der Waals surface area (Å²) in [6, 6.07) is 33.8. The number of benzene rings is 4. The highest BCUT2D eigenvalue weighted by molar-refractivity contribution is 8.00. The van der Waals surface area contributed by atoms with Gasteiger partial charge in [-0.25, -0.2) is 4.98 Å². The van der Waals surface area contributed by atoms with Crippen molar-refractivity contribution >= 4 is 33.6 Å². The van der Waals surface area contributed by atoms with Crippen LogP contribution in [0.3, 0.4) is 0 Å². The minimum Gasteiger partial charge on any atom is -0.278 e. The lowest BCUT2D eigenvalue weighted by Crippen LogP contribution is -2.14. The van der Waals surface area contributed by atoms with Crippen LogP contribution >= 0.6 is 11.8 Å². The third-order valence-electron chi connectivity index (χ3n) is 8.08. The summed E-state index contributed by atoms with van der Waals surface area (Å²) in [6.07, 6.45) is 5.32. The average molecular weight is 511 g/mol. The number of nitrogens with zero attached hydrogens (tertiary/aromatic N) is 4. The van der Waals surface area contributed by atoms with Crippen molar-refractivity contribution in [2.45, 2.75) is 41.7 Å². The Kier molecular flexibility index (Phi) is 5.12. The largest absolute Gasteiger partial charge is 0.278 e. The summed E-state index contributed by atoms with van der Waals surface area (Å²) in [5, 5.41) is 3.33. The van der Waals surface area contributed by atoms with Crippen molar-refractivity contribution in [3.63, 3.8) is 0 Å². The highest BCUT2D eigenvalue weighted by atomic mass is 32.2. The SMILES string of the molecule is c1ccc(-c2nc(-c3ccccc3)nc(-n3c4ccccc4c4c5c(ccc43)[C@H]3CCCCC3S5)n2)cc1. The molecule has 8 rings (SSSR count). The van der Waals surface area contributed by atoms with Gasteiger partial charge < -0.3 is 0 Å². The lowest BCUT2D eigenvalue weighted by Gasteiger charge is -2.24. The average Bonchev–Trinajstić information content (AvgIpc) is 3.53. The summed E-state index contributed by atoms with van der Waals surface area (Å²) in [5.74, 6) is 2.70. The predicted molar refractivity (Wildman–Crippen MR) is 156 cm³/mol. The van der Waals surface area contributed by atoms with Crippen LogP contribution < -0.4 is 0 Å². The molecule has 2 atom stereocenters. The van der Waals surface area contributed by atoms with Crippen molar-refractivity contribution in [3.05, 3.63) is 103 Å². The Labute approximate surface area is 225 Å². The Hall–Kier alpha value is -3.96. The Morgan fingerprint density at radius 3 is 2.03 bits per heavy atom. The van der Waals surface area contributed by atoms with E-state index in [1.54, 1.807) is 5.56 Å². The summed E-state index contributed by atoms with van der Waals surface area (Å²) < 4.78 is 2.24. The number of thioether (sulfide) groups is 1. The first kappa shape index (κ1) is 22.1. The van der Waals surface area contributed by atoms with Gasteiger partial charge >= 0.3 is 0 Å². The quantitative estimate of drug-likeness (QED) is 0.240. The molecule has 0 amide bonds. The van der Waals surface area contributed by atoms with E-state index in [1.807, 2.05) is 36.4 Å². The topological polar surface area (TPSA) is 43.6 Å². The first-order valence-electron chi connectivity index (χ1n) is 13.5. The monoisotopic (exact) mass is 510 g/mol. The standard InChI is InChI=1S/C33H26N4S/c1-3-11-21(12-4-1)31-34-32(22-13-5-2-6-14-22)36-33(35-31)37-26-17-9-7-16-25(26)29-27(37)20-19-24-23-15-8-10-18-28(23)38-30(24)29/h1-7,9,11-14,16-17,19-20,23,28H,8,10,15,18H2/t23-,28?/m1/s1. The Morgan fingerprint density at radius 2 is 1.29 bits per heavy atom. The molecular weight excluding hydrogens is 484 g/mol. The van der Waals surface area contributed by atoms with E-state index in [1.165, 1.54) is 46.9 Å². The summed E-state index contributed by atoms with van der Waals surface area (Å²) >= 11 is 2.11. The molecule has 1 fully saturated rings. The molecule has 1 aliphatic carbocycles. The van der Waals surface area contributed by atoms with E-state index in [0.717, 1.165) is 16.6 Å². The third-order valence-corrected chi connectivity index (χ3v) is 9.62. The minimum atomic E-state index is 0.657. The van der Waals surface area contributed by atoms with Gasteiger partial charge in [0.15, 0.2) is 11.6 Å². The fourth-order valence-electron chi connectivity index (χ4n) is 6.32. The number of hydrogen-bond donors (Lipinski definition) is 0. The van der Waals surface area contributed by atoms with E-state index >= 15 is 0 Å². The van der Waals surface area contributed by atoms with Gasteiger partial charge in [-0.2, -0.15) is 9.97 Å². The Bertz CT molecular complexity index is 1750. The van der Waals surface area contributed by atoms with Gasteiger partial charge in [0.1, 0.15) is 0 Å². The van der Waals surface area contributed by atoms with Gasteiger partial charge in [0.05, 0.1) is 11.0 Å². The first-order valence-corrected chi connectivity index (χ1v) is 14.3. The van der Waals surface area contributed by atoms with Crippen LogP contribution in [0.15, 0.2) is 102 Å². The third kappa shape index (κ3) is 3.42. The van der Waals surface area contributed by atoms with Gasteiger partial charge in [0.25, 0.3) is 0 Å².